The Balaban J connectivity index is 2.49. The van der Waals surface area contributed by atoms with E-state index in [1.54, 1.807) is 0 Å². The van der Waals surface area contributed by atoms with Crippen LogP contribution in [0.4, 0.5) is 0 Å². The average molecular weight is 360 g/mol. The fourth-order valence-electron chi connectivity index (χ4n) is 3.63. The predicted octanol–water partition coefficient (Wildman–Crippen LogP) is 3.95. The predicted molar refractivity (Wildman–Crippen MR) is 101 cm³/mol. The van der Waals surface area contributed by atoms with Crippen LogP contribution in [0.25, 0.3) is 11.4 Å². The van der Waals surface area contributed by atoms with E-state index in [4.69, 9.17) is 4.74 Å². The van der Waals surface area contributed by atoms with Crippen LogP contribution >= 0.6 is 0 Å². The average Bonchev–Trinajstić information content (AvgIpc) is 3.07. The molecule has 2 rings (SSSR count). The number of hydrogen-bond acceptors (Lipinski definition) is 3. The van der Waals surface area contributed by atoms with E-state index in [0.717, 1.165) is 41.1 Å². The third kappa shape index (κ3) is 3.84. The van der Waals surface area contributed by atoms with Crippen LogP contribution in [0, 0.1) is 13.8 Å². The van der Waals surface area contributed by atoms with Gasteiger partial charge >= 0.3 is 11.9 Å². The lowest BCUT2D eigenvalue weighted by molar-refractivity contribution is -0.141. The Bertz CT molecular complexity index is 814. The summed E-state index contributed by atoms with van der Waals surface area (Å²) in [6, 6.07) is 0. The molecule has 0 unspecified atom stereocenters. The van der Waals surface area contributed by atoms with E-state index in [-0.39, 0.29) is 11.7 Å². The molecule has 26 heavy (non-hydrogen) atoms. The van der Waals surface area contributed by atoms with Crippen molar-refractivity contribution in [1.82, 2.24) is 9.97 Å². The zero-order valence-corrected chi connectivity index (χ0v) is 16.2. The van der Waals surface area contributed by atoms with Gasteiger partial charge in [0.2, 0.25) is 0 Å². The maximum absolute atomic E-state index is 11.6. The molecule has 2 aromatic rings. The van der Waals surface area contributed by atoms with Gasteiger partial charge in [0.25, 0.3) is 0 Å². The third-order valence-electron chi connectivity index (χ3n) is 4.86. The maximum Gasteiger partial charge on any atom is 0.352 e. The number of carbonyl (C=O) groups excluding carboxylic acids is 1. The van der Waals surface area contributed by atoms with Crippen molar-refractivity contribution in [3.63, 3.8) is 0 Å². The summed E-state index contributed by atoms with van der Waals surface area (Å²) in [5.41, 5.74) is 7.37. The van der Waals surface area contributed by atoms with Crippen LogP contribution in [0.2, 0.25) is 0 Å². The smallest absolute Gasteiger partial charge is 0.352 e. The largest absolute Gasteiger partial charge is 0.477 e. The number of nitrogens with one attached hydrogen (secondary N) is 2. The van der Waals surface area contributed by atoms with Crippen molar-refractivity contribution in [2.75, 3.05) is 6.61 Å². The molecule has 0 aliphatic carbocycles. The number of aryl methyl sites for hydroxylation is 1. The Hall–Kier alpha value is -2.50. The summed E-state index contributed by atoms with van der Waals surface area (Å²) in [5.74, 6) is -1.27. The van der Waals surface area contributed by atoms with Crippen LogP contribution in [0.5, 0.6) is 0 Å². The minimum atomic E-state index is -0.966. The lowest BCUT2D eigenvalue weighted by Crippen LogP contribution is -2.03. The highest BCUT2D eigenvalue weighted by atomic mass is 16.5. The molecule has 0 radical (unpaired) electrons. The fraction of sp³-hybridized carbons (Fsp3) is 0.500. The number of esters is 1. The second-order valence-electron chi connectivity index (χ2n) is 6.52. The maximum atomic E-state index is 11.6. The van der Waals surface area contributed by atoms with Gasteiger partial charge in [-0.1, -0.05) is 13.8 Å². The summed E-state index contributed by atoms with van der Waals surface area (Å²) in [5, 5.41) is 9.52. The number of carboxylic acids is 1. The number of aromatic nitrogens is 2. The van der Waals surface area contributed by atoms with Crippen LogP contribution in [-0.4, -0.2) is 33.6 Å². The van der Waals surface area contributed by atoms with Crippen molar-refractivity contribution >= 4 is 11.9 Å². The molecule has 0 aromatic carbocycles. The van der Waals surface area contributed by atoms with Crippen molar-refractivity contribution in [2.45, 2.75) is 60.3 Å². The van der Waals surface area contributed by atoms with Gasteiger partial charge in [0, 0.05) is 12.6 Å². The lowest BCUT2D eigenvalue weighted by Gasteiger charge is -2.08. The minimum Gasteiger partial charge on any atom is -0.477 e. The number of carboxylic acid groups (broad SMARTS) is 1. The molecule has 3 N–H and O–H groups in total. The summed E-state index contributed by atoms with van der Waals surface area (Å²) >= 11 is 0. The molecule has 0 aliphatic heterocycles. The molecule has 6 heteroatoms. The van der Waals surface area contributed by atoms with Crippen LogP contribution in [0.3, 0.4) is 0 Å². The molecule has 2 heterocycles. The second kappa shape index (κ2) is 8.25. The Morgan fingerprint density at radius 3 is 2.15 bits per heavy atom. The van der Waals surface area contributed by atoms with E-state index in [0.29, 0.717) is 19.4 Å². The van der Waals surface area contributed by atoms with Gasteiger partial charge in [0.15, 0.2) is 0 Å². The number of aromatic carboxylic acids is 1. The number of rotatable bonds is 8. The Morgan fingerprint density at radius 1 is 1.00 bits per heavy atom. The summed E-state index contributed by atoms with van der Waals surface area (Å²) in [4.78, 5) is 29.1. The molecule has 6 nitrogen and oxygen atoms in total. The lowest BCUT2D eigenvalue weighted by atomic mass is 9.98. The van der Waals surface area contributed by atoms with Crippen LogP contribution in [-0.2, 0) is 28.8 Å². The summed E-state index contributed by atoms with van der Waals surface area (Å²) in [6.45, 7) is 9.83. The molecular formula is C20H28N2O4. The number of H-pyrrole nitrogens is 2. The highest BCUT2D eigenvalue weighted by Crippen LogP contribution is 2.34. The second-order valence-corrected chi connectivity index (χ2v) is 6.52. The van der Waals surface area contributed by atoms with Gasteiger partial charge in [0.1, 0.15) is 5.69 Å². The molecule has 0 aliphatic rings. The van der Waals surface area contributed by atoms with E-state index in [1.165, 1.54) is 18.1 Å². The van der Waals surface area contributed by atoms with E-state index < -0.39 is 5.97 Å². The van der Waals surface area contributed by atoms with Crippen molar-refractivity contribution < 1.29 is 19.4 Å². The summed E-state index contributed by atoms with van der Waals surface area (Å²) in [6.07, 6.45) is 3.09. The first-order valence-corrected chi connectivity index (χ1v) is 9.10. The Kier molecular flexibility index (Phi) is 6.29. The highest BCUT2D eigenvalue weighted by Gasteiger charge is 2.23. The molecule has 0 bridgehead atoms. The van der Waals surface area contributed by atoms with Gasteiger partial charge in [-0.3, -0.25) is 4.79 Å². The van der Waals surface area contributed by atoms with E-state index in [9.17, 15) is 14.7 Å². The molecule has 0 saturated carbocycles. The third-order valence-corrected chi connectivity index (χ3v) is 4.86. The van der Waals surface area contributed by atoms with Crippen molar-refractivity contribution in [1.29, 1.82) is 0 Å². The summed E-state index contributed by atoms with van der Waals surface area (Å²) < 4.78 is 5.02. The van der Waals surface area contributed by atoms with Gasteiger partial charge < -0.3 is 19.8 Å². The van der Waals surface area contributed by atoms with Gasteiger partial charge in [-0.05, 0) is 61.8 Å². The van der Waals surface area contributed by atoms with E-state index >= 15 is 0 Å². The van der Waals surface area contributed by atoms with Gasteiger partial charge in [0.05, 0.1) is 18.0 Å². The highest BCUT2D eigenvalue weighted by molar-refractivity contribution is 5.90. The van der Waals surface area contributed by atoms with Crippen LogP contribution in [0.1, 0.15) is 65.6 Å². The fourth-order valence-corrected chi connectivity index (χ4v) is 3.63. The van der Waals surface area contributed by atoms with E-state index in [1.807, 2.05) is 6.92 Å². The number of carbonyl (C=O) groups is 2. The first-order valence-electron chi connectivity index (χ1n) is 9.10. The van der Waals surface area contributed by atoms with Crippen molar-refractivity contribution in [2.24, 2.45) is 0 Å². The molecular weight excluding hydrogens is 332 g/mol. The topological polar surface area (TPSA) is 95.2 Å². The molecule has 0 fully saturated rings. The number of ether oxygens (including phenoxy) is 1. The van der Waals surface area contributed by atoms with Crippen LogP contribution < -0.4 is 0 Å². The van der Waals surface area contributed by atoms with E-state index in [2.05, 4.69) is 30.7 Å². The van der Waals surface area contributed by atoms with Crippen molar-refractivity contribution in [3.8, 4) is 11.4 Å². The molecule has 0 spiro atoms. The zero-order valence-electron chi connectivity index (χ0n) is 16.2. The number of hydrogen-bond donors (Lipinski definition) is 3. The Labute approximate surface area is 154 Å². The quantitative estimate of drug-likeness (QED) is 0.491. The first kappa shape index (κ1) is 19.8. The molecule has 2 aromatic heterocycles. The minimum absolute atomic E-state index is 0.217. The molecule has 0 saturated heterocycles. The van der Waals surface area contributed by atoms with Gasteiger partial charge in [-0.2, -0.15) is 0 Å². The SMILES string of the molecule is CCc1c(C)[nH]c(-c2[nH]c(C(=O)O)c(C)c2CCCOC(C)=O)c1CC. The standard InChI is InChI=1S/C20H28N2O4/c1-6-14-12(4)21-18(15(14)7-2)19-16(9-8-10-26-13(5)23)11(3)17(22-19)20(24)25/h21-22H,6-10H2,1-5H3,(H,24,25). The van der Waals surface area contributed by atoms with Gasteiger partial charge in [-0.15, -0.1) is 0 Å². The number of aromatic amines is 2. The normalized spacial score (nSPS) is 11.0. The van der Waals surface area contributed by atoms with Gasteiger partial charge in [-0.25, -0.2) is 4.79 Å². The first-order chi connectivity index (χ1) is 12.3. The monoisotopic (exact) mass is 360 g/mol. The molecule has 142 valence electrons. The Morgan fingerprint density at radius 2 is 1.62 bits per heavy atom. The summed E-state index contributed by atoms with van der Waals surface area (Å²) in [7, 11) is 0. The zero-order chi connectivity index (χ0) is 19.4. The molecule has 0 amide bonds. The van der Waals surface area contributed by atoms with Crippen molar-refractivity contribution in [3.05, 3.63) is 33.6 Å². The molecule has 0 atom stereocenters. The van der Waals surface area contributed by atoms with Crippen LogP contribution in [0.15, 0.2) is 0 Å².